The first-order valence-corrected chi connectivity index (χ1v) is 3.58. The summed E-state index contributed by atoms with van der Waals surface area (Å²) < 4.78 is 0. The van der Waals surface area contributed by atoms with Crippen LogP contribution in [-0.2, 0) is 4.79 Å². The Kier molecular flexibility index (Phi) is 2.87. The first-order valence-electron chi connectivity index (χ1n) is 3.20. The van der Waals surface area contributed by atoms with Gasteiger partial charge in [-0.25, -0.2) is 0 Å². The third-order valence-corrected chi connectivity index (χ3v) is 1.41. The second-order valence-corrected chi connectivity index (χ2v) is 2.49. The smallest absolute Gasteiger partial charge is 0.161 e. The topological polar surface area (TPSA) is 17.1 Å². The lowest BCUT2D eigenvalue weighted by atomic mass is 10.2. The van der Waals surface area contributed by atoms with Crippen LogP contribution in [0.2, 0.25) is 0 Å². The van der Waals surface area contributed by atoms with Crippen molar-refractivity contribution in [2.75, 3.05) is 0 Å². The van der Waals surface area contributed by atoms with Gasteiger partial charge in [-0.05, 0) is 11.6 Å². The maximum absolute atomic E-state index is 10.1. The molecular formula is C9H7ClO. The summed E-state index contributed by atoms with van der Waals surface area (Å²) in [6.45, 7) is 0. The Hall–Kier alpha value is -1.08. The summed E-state index contributed by atoms with van der Waals surface area (Å²) in [5.41, 5.74) is 0.935. The zero-order valence-corrected chi connectivity index (χ0v) is 6.58. The Labute approximate surface area is 70.3 Å². The van der Waals surface area contributed by atoms with Gasteiger partial charge >= 0.3 is 0 Å². The van der Waals surface area contributed by atoms with E-state index in [4.69, 9.17) is 11.6 Å². The van der Waals surface area contributed by atoms with Gasteiger partial charge in [-0.3, -0.25) is 4.79 Å². The minimum Gasteiger partial charge on any atom is -0.297 e. The van der Waals surface area contributed by atoms with Crippen molar-refractivity contribution in [3.8, 4) is 0 Å². The number of rotatable bonds is 2. The fraction of sp³-hybridized carbons (Fsp3) is 0. The van der Waals surface area contributed by atoms with Gasteiger partial charge in [0.1, 0.15) is 0 Å². The molecule has 0 saturated carbocycles. The van der Waals surface area contributed by atoms with Gasteiger partial charge in [-0.1, -0.05) is 41.9 Å². The van der Waals surface area contributed by atoms with Crippen molar-refractivity contribution >= 4 is 24.0 Å². The van der Waals surface area contributed by atoms with Crippen LogP contribution < -0.4 is 0 Å². The van der Waals surface area contributed by atoms with Crippen molar-refractivity contribution in [1.29, 1.82) is 0 Å². The molecule has 0 N–H and O–H groups in total. The third kappa shape index (κ3) is 2.56. The number of hydrogen-bond donors (Lipinski definition) is 0. The van der Waals surface area contributed by atoms with E-state index in [0.29, 0.717) is 6.29 Å². The second kappa shape index (κ2) is 3.94. The first kappa shape index (κ1) is 8.02. The Bertz CT molecular complexity index is 264. The van der Waals surface area contributed by atoms with Crippen LogP contribution in [0.3, 0.4) is 0 Å². The van der Waals surface area contributed by atoms with Crippen LogP contribution in [0.5, 0.6) is 0 Å². The zero-order chi connectivity index (χ0) is 8.10. The molecule has 1 rings (SSSR count). The highest BCUT2D eigenvalue weighted by Gasteiger charge is 1.88. The largest absolute Gasteiger partial charge is 0.297 e. The summed E-state index contributed by atoms with van der Waals surface area (Å²) in [4.78, 5) is 10.1. The molecule has 1 aromatic rings. The monoisotopic (exact) mass is 166 g/mol. The molecule has 0 heterocycles. The second-order valence-electron chi connectivity index (χ2n) is 2.06. The van der Waals surface area contributed by atoms with E-state index < -0.39 is 0 Å². The fourth-order valence-corrected chi connectivity index (χ4v) is 0.868. The van der Waals surface area contributed by atoms with Crippen molar-refractivity contribution < 1.29 is 4.79 Å². The molecule has 0 aliphatic rings. The van der Waals surface area contributed by atoms with Crippen LogP contribution in [0.1, 0.15) is 5.56 Å². The summed E-state index contributed by atoms with van der Waals surface area (Å²) in [5.74, 6) is 0. The Balaban J connectivity index is 2.87. The molecule has 0 saturated heterocycles. The van der Waals surface area contributed by atoms with Crippen molar-refractivity contribution in [3.05, 3.63) is 40.9 Å². The van der Waals surface area contributed by atoms with Gasteiger partial charge in [-0.15, -0.1) is 0 Å². The quantitative estimate of drug-likeness (QED) is 0.487. The summed E-state index contributed by atoms with van der Waals surface area (Å²) >= 11 is 5.49. The molecule has 56 valence electrons. The molecule has 0 bridgehead atoms. The van der Waals surface area contributed by atoms with E-state index in [0.717, 1.165) is 5.56 Å². The molecule has 0 amide bonds. The van der Waals surface area contributed by atoms with Gasteiger partial charge in [0.2, 0.25) is 0 Å². The predicted molar refractivity (Wildman–Crippen MR) is 46.3 cm³/mol. The van der Waals surface area contributed by atoms with Crippen LogP contribution in [0.15, 0.2) is 35.4 Å². The van der Waals surface area contributed by atoms with Gasteiger partial charge in [0.05, 0.1) is 5.03 Å². The molecule has 1 nitrogen and oxygen atoms in total. The van der Waals surface area contributed by atoms with Gasteiger partial charge in [0, 0.05) is 0 Å². The molecule has 0 radical (unpaired) electrons. The maximum atomic E-state index is 10.1. The van der Waals surface area contributed by atoms with Gasteiger partial charge in [0.15, 0.2) is 6.29 Å². The summed E-state index contributed by atoms with van der Waals surface area (Å²) in [5, 5.41) is 0.219. The van der Waals surface area contributed by atoms with E-state index in [2.05, 4.69) is 0 Å². The molecule has 2 heteroatoms. The van der Waals surface area contributed by atoms with Crippen LogP contribution in [0.4, 0.5) is 0 Å². The van der Waals surface area contributed by atoms with Gasteiger partial charge in [-0.2, -0.15) is 0 Å². The lowest BCUT2D eigenvalue weighted by Gasteiger charge is -1.89. The van der Waals surface area contributed by atoms with E-state index in [-0.39, 0.29) is 5.03 Å². The highest BCUT2D eigenvalue weighted by molar-refractivity contribution is 6.40. The average Bonchev–Trinajstić information content (AvgIpc) is 2.06. The lowest BCUT2D eigenvalue weighted by molar-refractivity contribution is -0.104. The molecule has 0 atom stereocenters. The summed E-state index contributed by atoms with van der Waals surface area (Å²) in [6.07, 6.45) is 2.24. The number of halogens is 1. The maximum Gasteiger partial charge on any atom is 0.161 e. The molecule has 0 unspecified atom stereocenters. The van der Waals surface area contributed by atoms with Crippen molar-refractivity contribution in [1.82, 2.24) is 0 Å². The Morgan fingerprint density at radius 3 is 2.45 bits per heavy atom. The number of carbonyl (C=O) groups excluding carboxylic acids is 1. The molecule has 1 aromatic carbocycles. The summed E-state index contributed by atoms with van der Waals surface area (Å²) in [6, 6.07) is 9.45. The van der Waals surface area contributed by atoms with E-state index in [1.165, 1.54) is 0 Å². The first-order chi connectivity index (χ1) is 5.33. The normalized spacial score (nSPS) is 11.2. The van der Waals surface area contributed by atoms with Crippen molar-refractivity contribution in [2.45, 2.75) is 0 Å². The molecule has 0 aliphatic carbocycles. The highest BCUT2D eigenvalue weighted by Crippen LogP contribution is 2.06. The molecule has 0 fully saturated rings. The van der Waals surface area contributed by atoms with Crippen LogP contribution in [-0.4, -0.2) is 6.29 Å². The lowest BCUT2D eigenvalue weighted by Crippen LogP contribution is -1.73. The minimum absolute atomic E-state index is 0.219. The average molecular weight is 167 g/mol. The number of benzene rings is 1. The van der Waals surface area contributed by atoms with E-state index in [1.54, 1.807) is 6.08 Å². The molecular weight excluding hydrogens is 160 g/mol. The predicted octanol–water partition coefficient (Wildman–Crippen LogP) is 2.47. The van der Waals surface area contributed by atoms with Crippen molar-refractivity contribution in [3.63, 3.8) is 0 Å². The van der Waals surface area contributed by atoms with Gasteiger partial charge < -0.3 is 0 Å². The number of hydrogen-bond acceptors (Lipinski definition) is 1. The Morgan fingerprint density at radius 1 is 1.27 bits per heavy atom. The highest BCUT2D eigenvalue weighted by atomic mass is 35.5. The van der Waals surface area contributed by atoms with E-state index in [9.17, 15) is 4.79 Å². The van der Waals surface area contributed by atoms with E-state index >= 15 is 0 Å². The zero-order valence-electron chi connectivity index (χ0n) is 5.83. The molecule has 0 aromatic heterocycles. The molecule has 0 aliphatic heterocycles. The van der Waals surface area contributed by atoms with Crippen LogP contribution in [0, 0.1) is 0 Å². The van der Waals surface area contributed by atoms with Crippen molar-refractivity contribution in [2.24, 2.45) is 0 Å². The fourth-order valence-electron chi connectivity index (χ4n) is 0.743. The molecule has 11 heavy (non-hydrogen) atoms. The van der Waals surface area contributed by atoms with Gasteiger partial charge in [0.25, 0.3) is 0 Å². The minimum atomic E-state index is 0.219. The van der Waals surface area contributed by atoms with E-state index in [1.807, 2.05) is 30.3 Å². The van der Waals surface area contributed by atoms with Crippen LogP contribution >= 0.6 is 11.6 Å². The van der Waals surface area contributed by atoms with Crippen LogP contribution in [0.25, 0.3) is 6.08 Å². The Morgan fingerprint density at radius 2 is 1.91 bits per heavy atom. The summed E-state index contributed by atoms with van der Waals surface area (Å²) in [7, 11) is 0. The standard InChI is InChI=1S/C9H7ClO/c10-9(7-11)6-8-4-2-1-3-5-8/h1-7H/b9-6+. The number of aldehydes is 1. The number of allylic oxidation sites excluding steroid dienone is 1. The molecule has 0 spiro atoms. The third-order valence-electron chi connectivity index (χ3n) is 1.22. The number of carbonyl (C=O) groups is 1. The SMILES string of the molecule is O=C/C(Cl)=C\c1ccccc1.